The molecule has 2 N–H and O–H groups in total. The first kappa shape index (κ1) is 13.3. The molecule has 0 spiro atoms. The molecule has 0 aromatic carbocycles. The third-order valence-electron chi connectivity index (χ3n) is 3.92. The average molecular weight is 248 g/mol. The van der Waals surface area contributed by atoms with Gasteiger partial charge in [0.15, 0.2) is 0 Å². The second-order valence-electron chi connectivity index (χ2n) is 5.64. The molecule has 4 heteroatoms. The molecule has 4 nitrogen and oxygen atoms in total. The van der Waals surface area contributed by atoms with Crippen LogP contribution in [-0.4, -0.2) is 29.1 Å². The van der Waals surface area contributed by atoms with Gasteiger partial charge in [-0.05, 0) is 31.6 Å². The Morgan fingerprint density at radius 1 is 1.22 bits per heavy atom. The molecule has 0 saturated heterocycles. The highest BCUT2D eigenvalue weighted by atomic mass is 15.2. The van der Waals surface area contributed by atoms with Gasteiger partial charge in [-0.1, -0.05) is 13.8 Å². The van der Waals surface area contributed by atoms with Crippen molar-refractivity contribution in [2.45, 2.75) is 57.5 Å². The Labute approximate surface area is 110 Å². The summed E-state index contributed by atoms with van der Waals surface area (Å²) in [5, 5.41) is 0. The SMILES string of the molecule is CC(C)c1cc(N(C)C2CCC(N)CC2)ncn1. The van der Waals surface area contributed by atoms with Crippen LogP contribution in [0.2, 0.25) is 0 Å². The van der Waals surface area contributed by atoms with Crippen LogP contribution < -0.4 is 10.6 Å². The molecule has 1 aromatic heterocycles. The molecule has 0 aliphatic heterocycles. The van der Waals surface area contributed by atoms with E-state index in [0.717, 1.165) is 24.4 Å². The lowest BCUT2D eigenvalue weighted by Gasteiger charge is -2.34. The molecule has 2 rings (SSSR count). The smallest absolute Gasteiger partial charge is 0.132 e. The van der Waals surface area contributed by atoms with Crippen LogP contribution in [0, 0.1) is 0 Å². The minimum atomic E-state index is 0.395. The topological polar surface area (TPSA) is 55.0 Å². The van der Waals surface area contributed by atoms with Crippen LogP contribution in [0.15, 0.2) is 12.4 Å². The van der Waals surface area contributed by atoms with Gasteiger partial charge in [0.2, 0.25) is 0 Å². The average Bonchev–Trinajstić information content (AvgIpc) is 2.39. The molecule has 100 valence electrons. The fourth-order valence-corrected chi connectivity index (χ4v) is 2.55. The van der Waals surface area contributed by atoms with Crippen molar-refractivity contribution in [3.05, 3.63) is 18.1 Å². The van der Waals surface area contributed by atoms with Crippen LogP contribution >= 0.6 is 0 Å². The van der Waals surface area contributed by atoms with E-state index in [2.05, 4.69) is 41.8 Å². The molecular weight excluding hydrogens is 224 g/mol. The summed E-state index contributed by atoms with van der Waals surface area (Å²) >= 11 is 0. The van der Waals surface area contributed by atoms with Gasteiger partial charge in [-0.15, -0.1) is 0 Å². The van der Waals surface area contributed by atoms with Crippen molar-refractivity contribution in [1.82, 2.24) is 9.97 Å². The normalized spacial score (nSPS) is 24.3. The Kier molecular flexibility index (Phi) is 4.17. The fraction of sp³-hybridized carbons (Fsp3) is 0.714. The molecule has 1 heterocycles. The molecule has 1 aliphatic carbocycles. The summed E-state index contributed by atoms with van der Waals surface area (Å²) in [7, 11) is 2.13. The van der Waals surface area contributed by atoms with E-state index < -0.39 is 0 Å². The predicted octanol–water partition coefficient (Wildman–Crippen LogP) is 2.31. The summed E-state index contributed by atoms with van der Waals surface area (Å²) in [6.45, 7) is 4.32. The van der Waals surface area contributed by atoms with E-state index in [-0.39, 0.29) is 0 Å². The molecule has 18 heavy (non-hydrogen) atoms. The Bertz CT molecular complexity index is 383. The Hall–Kier alpha value is -1.16. The maximum Gasteiger partial charge on any atom is 0.132 e. The third kappa shape index (κ3) is 2.99. The number of anilines is 1. The maximum atomic E-state index is 5.96. The van der Waals surface area contributed by atoms with Gasteiger partial charge < -0.3 is 10.6 Å². The summed E-state index contributed by atoms with van der Waals surface area (Å²) in [6, 6.07) is 3.07. The number of hydrogen-bond acceptors (Lipinski definition) is 4. The molecule has 0 amide bonds. The van der Waals surface area contributed by atoms with Crippen LogP contribution in [0.5, 0.6) is 0 Å². The predicted molar refractivity (Wildman–Crippen MR) is 74.8 cm³/mol. The molecule has 0 radical (unpaired) electrons. The summed E-state index contributed by atoms with van der Waals surface area (Å²) < 4.78 is 0. The second-order valence-corrected chi connectivity index (χ2v) is 5.64. The highest BCUT2D eigenvalue weighted by molar-refractivity contribution is 5.39. The van der Waals surface area contributed by atoms with Gasteiger partial charge in [0.25, 0.3) is 0 Å². The quantitative estimate of drug-likeness (QED) is 0.892. The molecule has 0 bridgehead atoms. The lowest BCUT2D eigenvalue weighted by Crippen LogP contribution is -2.39. The summed E-state index contributed by atoms with van der Waals surface area (Å²) in [6.07, 6.45) is 6.25. The molecule has 1 aliphatic rings. The van der Waals surface area contributed by atoms with Gasteiger partial charge >= 0.3 is 0 Å². The van der Waals surface area contributed by atoms with E-state index in [4.69, 9.17) is 5.73 Å². The summed E-state index contributed by atoms with van der Waals surface area (Å²) in [5.41, 5.74) is 7.07. The molecule has 1 fully saturated rings. The van der Waals surface area contributed by atoms with Crippen molar-refractivity contribution in [2.75, 3.05) is 11.9 Å². The van der Waals surface area contributed by atoms with Gasteiger partial charge in [-0.2, -0.15) is 0 Å². The first-order valence-electron chi connectivity index (χ1n) is 6.88. The third-order valence-corrected chi connectivity index (χ3v) is 3.92. The number of nitrogens with two attached hydrogens (primary N) is 1. The molecule has 1 saturated carbocycles. The number of hydrogen-bond donors (Lipinski definition) is 1. The Balaban J connectivity index is 2.08. The molecule has 0 unspecified atom stereocenters. The van der Waals surface area contributed by atoms with E-state index >= 15 is 0 Å². The fourth-order valence-electron chi connectivity index (χ4n) is 2.55. The molecular formula is C14H24N4. The second kappa shape index (κ2) is 5.65. The zero-order valence-electron chi connectivity index (χ0n) is 11.6. The minimum Gasteiger partial charge on any atom is -0.357 e. The zero-order valence-corrected chi connectivity index (χ0v) is 11.6. The Morgan fingerprint density at radius 2 is 1.89 bits per heavy atom. The van der Waals surface area contributed by atoms with E-state index in [9.17, 15) is 0 Å². The first-order chi connectivity index (χ1) is 8.58. The summed E-state index contributed by atoms with van der Waals surface area (Å²) in [4.78, 5) is 11.0. The van der Waals surface area contributed by atoms with E-state index in [1.54, 1.807) is 6.33 Å². The van der Waals surface area contributed by atoms with Crippen molar-refractivity contribution in [1.29, 1.82) is 0 Å². The van der Waals surface area contributed by atoms with Crippen molar-refractivity contribution in [3.63, 3.8) is 0 Å². The largest absolute Gasteiger partial charge is 0.357 e. The molecule has 1 aromatic rings. The van der Waals surface area contributed by atoms with Crippen LogP contribution in [0.3, 0.4) is 0 Å². The lowest BCUT2D eigenvalue weighted by molar-refractivity contribution is 0.383. The van der Waals surface area contributed by atoms with Crippen molar-refractivity contribution < 1.29 is 0 Å². The van der Waals surface area contributed by atoms with E-state index in [1.807, 2.05) is 0 Å². The lowest BCUT2D eigenvalue weighted by atomic mass is 9.91. The van der Waals surface area contributed by atoms with Gasteiger partial charge in [-0.3, -0.25) is 0 Å². The van der Waals surface area contributed by atoms with Crippen LogP contribution in [0.4, 0.5) is 5.82 Å². The van der Waals surface area contributed by atoms with Crippen LogP contribution in [0.1, 0.15) is 51.1 Å². The highest BCUT2D eigenvalue weighted by Crippen LogP contribution is 2.25. The van der Waals surface area contributed by atoms with Gasteiger partial charge in [0, 0.05) is 30.9 Å². The van der Waals surface area contributed by atoms with Gasteiger partial charge in [0.05, 0.1) is 0 Å². The van der Waals surface area contributed by atoms with Crippen LogP contribution in [0.25, 0.3) is 0 Å². The van der Waals surface area contributed by atoms with E-state index in [1.165, 1.54) is 12.8 Å². The van der Waals surface area contributed by atoms with Crippen molar-refractivity contribution in [2.24, 2.45) is 5.73 Å². The monoisotopic (exact) mass is 248 g/mol. The van der Waals surface area contributed by atoms with Crippen LogP contribution in [-0.2, 0) is 0 Å². The summed E-state index contributed by atoms with van der Waals surface area (Å²) in [5.74, 6) is 1.48. The zero-order chi connectivity index (χ0) is 13.1. The van der Waals surface area contributed by atoms with Gasteiger partial charge in [-0.25, -0.2) is 9.97 Å². The highest BCUT2D eigenvalue weighted by Gasteiger charge is 2.23. The first-order valence-corrected chi connectivity index (χ1v) is 6.88. The molecule has 0 atom stereocenters. The Morgan fingerprint density at radius 3 is 2.50 bits per heavy atom. The number of nitrogens with zero attached hydrogens (tertiary/aromatic N) is 3. The van der Waals surface area contributed by atoms with E-state index in [0.29, 0.717) is 18.0 Å². The van der Waals surface area contributed by atoms with Gasteiger partial charge in [0.1, 0.15) is 12.1 Å². The number of aromatic nitrogens is 2. The maximum absolute atomic E-state index is 5.96. The van der Waals surface area contributed by atoms with Crippen molar-refractivity contribution >= 4 is 5.82 Å². The number of rotatable bonds is 3. The minimum absolute atomic E-state index is 0.395. The standard InChI is InChI=1S/C14H24N4/c1-10(2)13-8-14(17-9-16-13)18(3)12-6-4-11(15)5-7-12/h8-12H,4-7,15H2,1-3H3. The van der Waals surface area contributed by atoms with Crippen molar-refractivity contribution in [3.8, 4) is 0 Å².